The van der Waals surface area contributed by atoms with Gasteiger partial charge in [0.25, 0.3) is 0 Å². The highest BCUT2D eigenvalue weighted by atomic mass is 16.5. The zero-order chi connectivity index (χ0) is 23.1. The van der Waals surface area contributed by atoms with Crippen molar-refractivity contribution in [2.24, 2.45) is 0 Å². The van der Waals surface area contributed by atoms with Crippen LogP contribution in [-0.2, 0) is 9.59 Å². The summed E-state index contributed by atoms with van der Waals surface area (Å²) in [6.07, 6.45) is 6.27. The molecule has 0 radical (unpaired) electrons. The van der Waals surface area contributed by atoms with Gasteiger partial charge in [0.2, 0.25) is 11.8 Å². The van der Waals surface area contributed by atoms with Gasteiger partial charge in [-0.3, -0.25) is 9.59 Å². The van der Waals surface area contributed by atoms with Crippen LogP contribution < -0.4 is 9.47 Å². The first-order valence-corrected chi connectivity index (χ1v) is 10.1. The molecule has 0 spiro atoms. The number of piperazine rings is 1. The first kappa shape index (κ1) is 22.7. The molecule has 0 bridgehead atoms. The van der Waals surface area contributed by atoms with Gasteiger partial charge in [0.05, 0.1) is 14.2 Å². The van der Waals surface area contributed by atoms with E-state index in [-0.39, 0.29) is 23.3 Å². The van der Waals surface area contributed by atoms with Gasteiger partial charge in [-0.2, -0.15) is 0 Å². The molecule has 0 atom stereocenters. The lowest BCUT2D eigenvalue weighted by molar-refractivity contribution is -0.133. The second-order valence-corrected chi connectivity index (χ2v) is 7.18. The summed E-state index contributed by atoms with van der Waals surface area (Å²) < 4.78 is 10.1. The summed E-state index contributed by atoms with van der Waals surface area (Å²) in [5.74, 6) is 0.466. The van der Waals surface area contributed by atoms with Crippen LogP contribution in [0.3, 0.4) is 0 Å². The maximum absolute atomic E-state index is 12.5. The predicted molar refractivity (Wildman–Crippen MR) is 121 cm³/mol. The summed E-state index contributed by atoms with van der Waals surface area (Å²) in [5, 5.41) is 19.3. The number of rotatable bonds is 6. The van der Waals surface area contributed by atoms with E-state index in [2.05, 4.69) is 0 Å². The van der Waals surface area contributed by atoms with Crippen LogP contribution in [0.4, 0.5) is 0 Å². The molecule has 1 fully saturated rings. The Morgan fingerprint density at radius 2 is 1.12 bits per heavy atom. The fraction of sp³-hybridized carbons (Fsp3) is 0.250. The zero-order valence-corrected chi connectivity index (χ0v) is 18.0. The molecule has 2 aromatic rings. The molecule has 1 heterocycles. The van der Waals surface area contributed by atoms with Crippen LogP contribution in [0.15, 0.2) is 48.6 Å². The van der Waals surface area contributed by atoms with E-state index in [0.29, 0.717) is 37.7 Å². The Balaban J connectivity index is 1.53. The van der Waals surface area contributed by atoms with Crippen molar-refractivity contribution in [2.75, 3.05) is 40.4 Å². The molecule has 1 aliphatic heterocycles. The molecule has 1 saturated heterocycles. The number of amides is 2. The summed E-state index contributed by atoms with van der Waals surface area (Å²) >= 11 is 0. The number of methoxy groups -OCH3 is 2. The van der Waals surface area contributed by atoms with E-state index in [1.807, 2.05) is 0 Å². The topological polar surface area (TPSA) is 99.5 Å². The fourth-order valence-electron chi connectivity index (χ4n) is 3.29. The summed E-state index contributed by atoms with van der Waals surface area (Å²) in [7, 11) is 2.93. The minimum Gasteiger partial charge on any atom is -0.504 e. The van der Waals surface area contributed by atoms with Crippen molar-refractivity contribution in [2.45, 2.75) is 0 Å². The van der Waals surface area contributed by atoms with E-state index in [0.717, 1.165) is 11.1 Å². The lowest BCUT2D eigenvalue weighted by Crippen LogP contribution is -2.49. The number of aromatic hydroxyl groups is 2. The van der Waals surface area contributed by atoms with E-state index in [4.69, 9.17) is 9.47 Å². The second kappa shape index (κ2) is 10.4. The quantitative estimate of drug-likeness (QED) is 0.673. The minimum atomic E-state index is -0.143. The van der Waals surface area contributed by atoms with E-state index in [1.165, 1.54) is 38.5 Å². The third-order valence-corrected chi connectivity index (χ3v) is 5.15. The van der Waals surface area contributed by atoms with Gasteiger partial charge in [-0.1, -0.05) is 12.1 Å². The largest absolute Gasteiger partial charge is 0.504 e. The van der Waals surface area contributed by atoms with Crippen molar-refractivity contribution in [1.29, 1.82) is 0 Å². The SMILES string of the molecule is COc1cc(/C=C/C(=O)N2CCN(C(=O)/C=C/c3ccc(O)c(OC)c3)CC2)ccc1O. The Morgan fingerprint density at radius 1 is 0.750 bits per heavy atom. The monoisotopic (exact) mass is 438 g/mol. The van der Waals surface area contributed by atoms with Crippen molar-refractivity contribution in [3.05, 3.63) is 59.7 Å². The molecule has 0 aliphatic carbocycles. The third kappa shape index (κ3) is 5.60. The molecule has 0 saturated carbocycles. The van der Waals surface area contributed by atoms with Crippen LogP contribution in [0, 0.1) is 0 Å². The second-order valence-electron chi connectivity index (χ2n) is 7.18. The number of hydrogen-bond donors (Lipinski definition) is 2. The Bertz CT molecular complexity index is 955. The van der Waals surface area contributed by atoms with Crippen LogP contribution in [0.5, 0.6) is 23.0 Å². The minimum absolute atomic E-state index is 0.0374. The molecule has 1 aliphatic rings. The van der Waals surface area contributed by atoms with Gasteiger partial charge in [0.1, 0.15) is 0 Å². The van der Waals surface area contributed by atoms with Crippen molar-refractivity contribution >= 4 is 24.0 Å². The average Bonchev–Trinajstić information content (AvgIpc) is 2.82. The number of carbonyl (C=O) groups excluding carboxylic acids is 2. The molecular formula is C24H26N2O6. The van der Waals surface area contributed by atoms with Crippen LogP contribution >= 0.6 is 0 Å². The number of ether oxygens (including phenoxy) is 2. The summed E-state index contributed by atoms with van der Waals surface area (Å²) in [5.41, 5.74) is 1.47. The van der Waals surface area contributed by atoms with Crippen molar-refractivity contribution in [1.82, 2.24) is 9.80 Å². The van der Waals surface area contributed by atoms with Crippen molar-refractivity contribution in [3.8, 4) is 23.0 Å². The number of carbonyl (C=O) groups is 2. The fourth-order valence-corrected chi connectivity index (χ4v) is 3.29. The first-order valence-electron chi connectivity index (χ1n) is 10.1. The maximum atomic E-state index is 12.5. The Morgan fingerprint density at radius 3 is 1.47 bits per heavy atom. The normalized spacial score (nSPS) is 14.2. The number of nitrogens with zero attached hydrogens (tertiary/aromatic N) is 2. The van der Waals surface area contributed by atoms with E-state index < -0.39 is 0 Å². The Hall–Kier alpha value is -3.94. The molecule has 168 valence electrons. The van der Waals surface area contributed by atoms with Gasteiger partial charge in [-0.15, -0.1) is 0 Å². The lowest BCUT2D eigenvalue weighted by Gasteiger charge is -2.33. The molecular weight excluding hydrogens is 412 g/mol. The molecule has 0 aromatic heterocycles. The van der Waals surface area contributed by atoms with E-state index >= 15 is 0 Å². The Labute approximate surface area is 186 Å². The predicted octanol–water partition coefficient (Wildman–Crippen LogP) is 2.51. The molecule has 0 unspecified atom stereocenters. The van der Waals surface area contributed by atoms with E-state index in [9.17, 15) is 19.8 Å². The average molecular weight is 438 g/mol. The van der Waals surface area contributed by atoms with Crippen LogP contribution in [0.1, 0.15) is 11.1 Å². The molecule has 2 N–H and O–H groups in total. The highest BCUT2D eigenvalue weighted by Crippen LogP contribution is 2.27. The summed E-state index contributed by atoms with van der Waals surface area (Å²) in [6.45, 7) is 1.76. The molecule has 2 amide bonds. The van der Waals surface area contributed by atoms with Crippen molar-refractivity contribution < 1.29 is 29.3 Å². The highest BCUT2D eigenvalue weighted by molar-refractivity contribution is 5.93. The Kier molecular flexibility index (Phi) is 7.38. The summed E-state index contributed by atoms with van der Waals surface area (Å²) in [6, 6.07) is 9.68. The smallest absolute Gasteiger partial charge is 0.246 e. The van der Waals surface area contributed by atoms with Gasteiger partial charge < -0.3 is 29.5 Å². The van der Waals surface area contributed by atoms with Gasteiger partial charge in [-0.05, 0) is 47.5 Å². The summed E-state index contributed by atoms with van der Waals surface area (Å²) in [4.78, 5) is 28.3. The lowest BCUT2D eigenvalue weighted by atomic mass is 10.1. The van der Waals surface area contributed by atoms with Crippen LogP contribution in [0.2, 0.25) is 0 Å². The van der Waals surface area contributed by atoms with Crippen LogP contribution in [0.25, 0.3) is 12.2 Å². The number of phenols is 2. The van der Waals surface area contributed by atoms with Gasteiger partial charge >= 0.3 is 0 Å². The van der Waals surface area contributed by atoms with Gasteiger partial charge in [0.15, 0.2) is 23.0 Å². The zero-order valence-electron chi connectivity index (χ0n) is 18.0. The maximum Gasteiger partial charge on any atom is 0.246 e. The number of benzene rings is 2. The molecule has 2 aromatic carbocycles. The first-order chi connectivity index (χ1) is 15.4. The number of phenolic OH excluding ortho intramolecular Hbond substituents is 2. The molecule has 8 nitrogen and oxygen atoms in total. The standard InChI is InChI=1S/C24H26N2O6/c1-31-21-15-17(3-7-19(21)27)5-9-23(29)25-11-13-26(14-12-25)24(30)10-6-18-4-8-20(28)22(16-18)32-2/h3-10,15-16,27-28H,11-14H2,1-2H3/b9-5+,10-6+. The molecule has 32 heavy (non-hydrogen) atoms. The number of hydrogen-bond acceptors (Lipinski definition) is 6. The van der Waals surface area contributed by atoms with Crippen LogP contribution in [-0.4, -0.2) is 72.2 Å². The van der Waals surface area contributed by atoms with Gasteiger partial charge in [-0.25, -0.2) is 0 Å². The van der Waals surface area contributed by atoms with Gasteiger partial charge in [0, 0.05) is 38.3 Å². The van der Waals surface area contributed by atoms with E-state index in [1.54, 1.807) is 46.2 Å². The van der Waals surface area contributed by atoms with Crippen molar-refractivity contribution in [3.63, 3.8) is 0 Å². The highest BCUT2D eigenvalue weighted by Gasteiger charge is 2.21. The molecule has 3 rings (SSSR count). The molecule has 8 heteroatoms. The third-order valence-electron chi connectivity index (χ3n) is 5.15.